The highest BCUT2D eigenvalue weighted by Crippen LogP contribution is 2.42. The van der Waals surface area contributed by atoms with Gasteiger partial charge in [-0.3, -0.25) is 14.4 Å². The summed E-state index contributed by atoms with van der Waals surface area (Å²) in [5.74, 6) is -1.54. The summed E-state index contributed by atoms with van der Waals surface area (Å²) in [7, 11) is 0. The standard InChI is InChI=1S/C16H12O6/c1-6-11-13(16-9(21-6)5-10(18)22-16)15(20)12-7(14(11)19)3-2-4-8(12)17/h2-4,6,9,16-17H,5H2,1H3/t6-,9-,16+/m1/s1. The number of benzene rings is 1. The SMILES string of the molecule is C[C@H]1O[C@@H]2CC(=O)O[C@@H]2C2=C1C(=O)c1cccc(O)c1C2=O. The van der Waals surface area contributed by atoms with Gasteiger partial charge >= 0.3 is 5.97 Å². The van der Waals surface area contributed by atoms with Crippen molar-refractivity contribution in [1.82, 2.24) is 0 Å². The van der Waals surface area contributed by atoms with Crippen molar-refractivity contribution in [3.8, 4) is 5.75 Å². The minimum absolute atomic E-state index is 0.0259. The summed E-state index contributed by atoms with van der Waals surface area (Å²) in [6.07, 6.45) is -1.98. The summed E-state index contributed by atoms with van der Waals surface area (Å²) in [4.78, 5) is 37.0. The molecule has 0 aromatic heterocycles. The van der Waals surface area contributed by atoms with Crippen LogP contribution < -0.4 is 0 Å². The molecule has 6 nitrogen and oxygen atoms in total. The number of carbonyl (C=O) groups is 3. The number of fused-ring (bicyclic) bond motifs is 3. The number of esters is 1. The van der Waals surface area contributed by atoms with E-state index in [1.54, 1.807) is 6.92 Å². The van der Waals surface area contributed by atoms with Gasteiger partial charge < -0.3 is 14.6 Å². The lowest BCUT2D eigenvalue weighted by Crippen LogP contribution is -2.44. The fourth-order valence-corrected chi connectivity index (χ4v) is 3.41. The number of hydrogen-bond donors (Lipinski definition) is 1. The molecule has 1 aromatic carbocycles. The van der Waals surface area contributed by atoms with E-state index in [1.807, 2.05) is 0 Å². The molecule has 22 heavy (non-hydrogen) atoms. The van der Waals surface area contributed by atoms with E-state index < -0.39 is 30.1 Å². The Hall–Kier alpha value is -2.47. The quantitative estimate of drug-likeness (QED) is 0.723. The normalized spacial score (nSPS) is 29.9. The number of rotatable bonds is 0. The topological polar surface area (TPSA) is 89.9 Å². The zero-order valence-electron chi connectivity index (χ0n) is 11.7. The summed E-state index contributed by atoms with van der Waals surface area (Å²) in [6, 6.07) is 4.37. The number of phenols is 1. The molecule has 3 atom stereocenters. The number of Topliss-reactive ketones (excluding diaryl/α,β-unsaturated/α-hetero) is 2. The third kappa shape index (κ3) is 1.55. The number of aromatic hydroxyl groups is 1. The van der Waals surface area contributed by atoms with Gasteiger partial charge in [0.1, 0.15) is 11.9 Å². The van der Waals surface area contributed by atoms with E-state index in [0.29, 0.717) is 0 Å². The molecule has 0 saturated carbocycles. The second-order valence-electron chi connectivity index (χ2n) is 5.62. The van der Waals surface area contributed by atoms with Crippen molar-refractivity contribution < 1.29 is 29.0 Å². The smallest absolute Gasteiger partial charge is 0.309 e. The molecule has 3 aliphatic rings. The van der Waals surface area contributed by atoms with E-state index in [2.05, 4.69) is 0 Å². The van der Waals surface area contributed by atoms with Crippen LogP contribution in [0.5, 0.6) is 5.75 Å². The van der Waals surface area contributed by atoms with Crippen molar-refractivity contribution in [1.29, 1.82) is 0 Å². The van der Waals surface area contributed by atoms with Crippen LogP contribution in [0, 0.1) is 0 Å². The molecule has 1 aromatic rings. The minimum Gasteiger partial charge on any atom is -0.507 e. The van der Waals surface area contributed by atoms with E-state index in [0.717, 1.165) is 0 Å². The van der Waals surface area contributed by atoms with Crippen molar-refractivity contribution in [2.45, 2.75) is 31.7 Å². The largest absolute Gasteiger partial charge is 0.507 e. The van der Waals surface area contributed by atoms with Crippen LogP contribution in [0.1, 0.15) is 34.1 Å². The van der Waals surface area contributed by atoms with Crippen LogP contribution in [0.4, 0.5) is 0 Å². The Labute approximate surface area is 125 Å². The van der Waals surface area contributed by atoms with Crippen LogP contribution in [0.2, 0.25) is 0 Å². The fraction of sp³-hybridized carbons (Fsp3) is 0.312. The number of ketones is 2. The fourth-order valence-electron chi connectivity index (χ4n) is 3.41. The molecule has 1 aliphatic carbocycles. The Bertz CT molecular complexity index is 775. The maximum atomic E-state index is 12.8. The van der Waals surface area contributed by atoms with Gasteiger partial charge in [0.2, 0.25) is 0 Å². The van der Waals surface area contributed by atoms with E-state index >= 15 is 0 Å². The van der Waals surface area contributed by atoms with Gasteiger partial charge in [-0.2, -0.15) is 0 Å². The molecule has 6 heteroatoms. The van der Waals surface area contributed by atoms with Crippen LogP contribution in [0.25, 0.3) is 0 Å². The molecule has 1 saturated heterocycles. The Morgan fingerprint density at radius 2 is 1.91 bits per heavy atom. The Balaban J connectivity index is 1.95. The predicted molar refractivity (Wildman–Crippen MR) is 72.6 cm³/mol. The number of carbonyl (C=O) groups excluding carboxylic acids is 3. The molecule has 4 rings (SSSR count). The zero-order valence-corrected chi connectivity index (χ0v) is 11.7. The summed E-state index contributed by atoms with van der Waals surface area (Å²) in [5.41, 5.74) is 0.497. The van der Waals surface area contributed by atoms with Crippen LogP contribution in [0.15, 0.2) is 29.3 Å². The number of hydrogen-bond acceptors (Lipinski definition) is 6. The van der Waals surface area contributed by atoms with Gasteiger partial charge in [-0.15, -0.1) is 0 Å². The Kier molecular flexibility index (Phi) is 2.56. The first-order valence-electron chi connectivity index (χ1n) is 6.99. The molecule has 0 unspecified atom stereocenters. The van der Waals surface area contributed by atoms with Crippen molar-refractivity contribution >= 4 is 17.5 Å². The van der Waals surface area contributed by atoms with Gasteiger partial charge in [0.15, 0.2) is 17.7 Å². The summed E-state index contributed by atoms with van der Waals surface area (Å²) in [6.45, 7) is 1.67. The summed E-state index contributed by atoms with van der Waals surface area (Å²) >= 11 is 0. The molecule has 0 radical (unpaired) electrons. The average Bonchev–Trinajstić information content (AvgIpc) is 2.83. The molecule has 1 N–H and O–H groups in total. The molecule has 2 heterocycles. The first-order valence-corrected chi connectivity index (χ1v) is 6.99. The highest BCUT2D eigenvalue weighted by atomic mass is 16.6. The maximum absolute atomic E-state index is 12.8. The van der Waals surface area contributed by atoms with Gasteiger partial charge in [0.25, 0.3) is 0 Å². The molecular weight excluding hydrogens is 288 g/mol. The van der Waals surface area contributed by atoms with Gasteiger partial charge in [0, 0.05) is 11.1 Å². The second-order valence-corrected chi connectivity index (χ2v) is 5.62. The van der Waals surface area contributed by atoms with Crippen molar-refractivity contribution in [2.75, 3.05) is 0 Å². The molecule has 0 amide bonds. The molecular formula is C16H12O6. The summed E-state index contributed by atoms with van der Waals surface area (Å²) in [5, 5.41) is 9.96. The average molecular weight is 300 g/mol. The third-order valence-electron chi connectivity index (χ3n) is 4.33. The van der Waals surface area contributed by atoms with Gasteiger partial charge in [-0.1, -0.05) is 12.1 Å². The Morgan fingerprint density at radius 3 is 2.68 bits per heavy atom. The molecule has 2 aliphatic heterocycles. The van der Waals surface area contributed by atoms with Crippen LogP contribution >= 0.6 is 0 Å². The van der Waals surface area contributed by atoms with Gasteiger partial charge in [-0.05, 0) is 13.0 Å². The Morgan fingerprint density at radius 1 is 1.14 bits per heavy atom. The lowest BCUT2D eigenvalue weighted by atomic mass is 9.77. The minimum atomic E-state index is -0.872. The monoisotopic (exact) mass is 300 g/mol. The maximum Gasteiger partial charge on any atom is 0.309 e. The first kappa shape index (κ1) is 13.2. The van der Waals surface area contributed by atoms with Crippen LogP contribution in [-0.2, 0) is 14.3 Å². The van der Waals surface area contributed by atoms with Crippen molar-refractivity contribution in [2.24, 2.45) is 0 Å². The highest BCUT2D eigenvalue weighted by Gasteiger charge is 2.51. The highest BCUT2D eigenvalue weighted by molar-refractivity contribution is 6.28. The second kappa shape index (κ2) is 4.27. The predicted octanol–water partition coefficient (Wildman–Crippen LogP) is 1.17. The van der Waals surface area contributed by atoms with E-state index in [-0.39, 0.29) is 40.2 Å². The number of ether oxygens (including phenoxy) is 2. The molecule has 112 valence electrons. The van der Waals surface area contributed by atoms with E-state index in [9.17, 15) is 19.5 Å². The lowest BCUT2D eigenvalue weighted by molar-refractivity contribution is -0.140. The van der Waals surface area contributed by atoms with Crippen molar-refractivity contribution in [3.63, 3.8) is 0 Å². The first-order chi connectivity index (χ1) is 10.5. The molecule has 0 spiro atoms. The van der Waals surface area contributed by atoms with Crippen molar-refractivity contribution in [3.05, 3.63) is 40.5 Å². The van der Waals surface area contributed by atoms with Crippen LogP contribution in [0.3, 0.4) is 0 Å². The van der Waals surface area contributed by atoms with E-state index in [4.69, 9.17) is 9.47 Å². The number of phenolic OH excluding ortho intramolecular Hbond substituents is 1. The van der Waals surface area contributed by atoms with Crippen LogP contribution in [-0.4, -0.2) is 41.0 Å². The third-order valence-corrected chi connectivity index (χ3v) is 4.33. The summed E-state index contributed by atoms with van der Waals surface area (Å²) < 4.78 is 10.9. The zero-order chi connectivity index (χ0) is 15.6. The van der Waals surface area contributed by atoms with Gasteiger partial charge in [-0.25, -0.2) is 0 Å². The van der Waals surface area contributed by atoms with E-state index in [1.165, 1.54) is 18.2 Å². The van der Waals surface area contributed by atoms with Gasteiger partial charge in [0.05, 0.1) is 23.7 Å². The molecule has 1 fully saturated rings. The lowest BCUT2D eigenvalue weighted by Gasteiger charge is -2.35. The molecule has 0 bridgehead atoms.